The van der Waals surface area contributed by atoms with Crippen molar-refractivity contribution in [3.05, 3.63) is 58.7 Å². The summed E-state index contributed by atoms with van der Waals surface area (Å²) in [6.45, 7) is 0.253. The van der Waals surface area contributed by atoms with Crippen LogP contribution >= 0.6 is 11.6 Å². The molecule has 1 aromatic heterocycles. The number of benzene rings is 1. The standard InChI is InChI=1S/C14H13ClF3N3/c15-11-6-10(14(16,17)18)8-20-13(11)21-12(7-19)9-4-2-1-3-5-9/h1-6,8,12H,7,19H2,(H,20,21). The molecule has 0 bridgehead atoms. The maximum atomic E-state index is 12.6. The van der Waals surface area contributed by atoms with Crippen molar-refractivity contribution in [3.8, 4) is 0 Å². The van der Waals surface area contributed by atoms with E-state index < -0.39 is 11.7 Å². The van der Waals surface area contributed by atoms with E-state index in [4.69, 9.17) is 17.3 Å². The van der Waals surface area contributed by atoms with Gasteiger partial charge in [0, 0.05) is 12.7 Å². The minimum Gasteiger partial charge on any atom is -0.361 e. The van der Waals surface area contributed by atoms with Crippen molar-refractivity contribution < 1.29 is 13.2 Å². The lowest BCUT2D eigenvalue weighted by Crippen LogP contribution is -2.21. The van der Waals surface area contributed by atoms with Gasteiger partial charge in [-0.25, -0.2) is 4.98 Å². The van der Waals surface area contributed by atoms with Gasteiger partial charge in [-0.15, -0.1) is 0 Å². The third-order valence-corrected chi connectivity index (χ3v) is 3.21. The van der Waals surface area contributed by atoms with Crippen molar-refractivity contribution in [3.63, 3.8) is 0 Å². The summed E-state index contributed by atoms with van der Waals surface area (Å²) in [5, 5.41) is 2.86. The second kappa shape index (κ2) is 6.32. The summed E-state index contributed by atoms with van der Waals surface area (Å²) in [5.74, 6) is 0.170. The van der Waals surface area contributed by atoms with Crippen molar-refractivity contribution in [1.29, 1.82) is 0 Å². The predicted octanol–water partition coefficient (Wildman–Crippen LogP) is 3.87. The summed E-state index contributed by atoms with van der Waals surface area (Å²) >= 11 is 5.86. The van der Waals surface area contributed by atoms with E-state index in [2.05, 4.69) is 10.3 Å². The number of pyridine rings is 1. The number of nitrogens with one attached hydrogen (secondary N) is 1. The van der Waals surface area contributed by atoms with E-state index in [0.717, 1.165) is 17.8 Å². The van der Waals surface area contributed by atoms with Gasteiger partial charge in [-0.1, -0.05) is 41.9 Å². The zero-order valence-electron chi connectivity index (χ0n) is 10.9. The van der Waals surface area contributed by atoms with Crippen LogP contribution in [0.1, 0.15) is 17.2 Å². The third kappa shape index (κ3) is 3.86. The van der Waals surface area contributed by atoms with Crippen molar-refractivity contribution in [2.75, 3.05) is 11.9 Å². The van der Waals surface area contributed by atoms with E-state index in [0.29, 0.717) is 0 Å². The number of hydrogen-bond donors (Lipinski definition) is 2. The Kier molecular flexibility index (Phi) is 4.69. The van der Waals surface area contributed by atoms with Gasteiger partial charge < -0.3 is 11.1 Å². The van der Waals surface area contributed by atoms with Crippen molar-refractivity contribution in [2.45, 2.75) is 12.2 Å². The number of rotatable bonds is 4. The van der Waals surface area contributed by atoms with Crippen LogP contribution in [0.2, 0.25) is 5.02 Å². The normalized spacial score (nSPS) is 13.0. The van der Waals surface area contributed by atoms with Crippen LogP contribution in [-0.4, -0.2) is 11.5 Å². The van der Waals surface area contributed by atoms with Crippen LogP contribution in [0.5, 0.6) is 0 Å². The van der Waals surface area contributed by atoms with E-state index >= 15 is 0 Å². The molecule has 1 aromatic carbocycles. The maximum Gasteiger partial charge on any atom is 0.417 e. The summed E-state index contributed by atoms with van der Waals surface area (Å²) in [7, 11) is 0. The summed E-state index contributed by atoms with van der Waals surface area (Å²) in [5.41, 5.74) is 5.70. The highest BCUT2D eigenvalue weighted by Crippen LogP contribution is 2.33. The first kappa shape index (κ1) is 15.6. The molecule has 0 saturated carbocycles. The minimum atomic E-state index is -4.47. The Morgan fingerprint density at radius 1 is 1.24 bits per heavy atom. The highest BCUT2D eigenvalue weighted by atomic mass is 35.5. The molecule has 0 fully saturated rings. The molecule has 3 N–H and O–H groups in total. The molecule has 0 amide bonds. The van der Waals surface area contributed by atoms with Crippen molar-refractivity contribution >= 4 is 17.4 Å². The van der Waals surface area contributed by atoms with Gasteiger partial charge in [0.25, 0.3) is 0 Å². The van der Waals surface area contributed by atoms with Gasteiger partial charge >= 0.3 is 6.18 Å². The molecule has 0 spiro atoms. The summed E-state index contributed by atoms with van der Waals surface area (Å²) in [4.78, 5) is 3.74. The molecule has 0 radical (unpaired) electrons. The van der Waals surface area contributed by atoms with Crippen LogP contribution in [0.25, 0.3) is 0 Å². The van der Waals surface area contributed by atoms with Gasteiger partial charge in [0.05, 0.1) is 16.6 Å². The van der Waals surface area contributed by atoms with Crippen LogP contribution in [-0.2, 0) is 6.18 Å². The van der Waals surface area contributed by atoms with Gasteiger partial charge in [-0.3, -0.25) is 0 Å². The zero-order chi connectivity index (χ0) is 15.5. The van der Waals surface area contributed by atoms with Gasteiger partial charge in [-0.05, 0) is 11.6 Å². The second-order valence-electron chi connectivity index (χ2n) is 4.40. The smallest absolute Gasteiger partial charge is 0.361 e. The summed E-state index contributed by atoms with van der Waals surface area (Å²) < 4.78 is 37.7. The van der Waals surface area contributed by atoms with Crippen LogP contribution in [0.3, 0.4) is 0 Å². The van der Waals surface area contributed by atoms with Gasteiger partial charge in [0.15, 0.2) is 0 Å². The molecule has 7 heteroatoms. The Hall–Kier alpha value is -1.79. The summed E-state index contributed by atoms with van der Waals surface area (Å²) in [6, 6.07) is 9.84. The Bertz CT molecular complexity index is 602. The lowest BCUT2D eigenvalue weighted by atomic mass is 10.1. The zero-order valence-corrected chi connectivity index (χ0v) is 11.6. The molecule has 0 aliphatic rings. The fraction of sp³-hybridized carbons (Fsp3) is 0.214. The average Bonchev–Trinajstić information content (AvgIpc) is 2.46. The molecule has 112 valence electrons. The number of nitrogens with zero attached hydrogens (tertiary/aromatic N) is 1. The molecule has 1 heterocycles. The average molecular weight is 316 g/mol. The third-order valence-electron chi connectivity index (χ3n) is 2.92. The van der Waals surface area contributed by atoms with Gasteiger partial charge in [0.2, 0.25) is 0 Å². The fourth-order valence-corrected chi connectivity index (χ4v) is 2.05. The molecule has 0 aliphatic heterocycles. The van der Waals surface area contributed by atoms with Crippen molar-refractivity contribution in [2.24, 2.45) is 5.73 Å². The number of aromatic nitrogens is 1. The molecule has 21 heavy (non-hydrogen) atoms. The van der Waals surface area contributed by atoms with Crippen LogP contribution in [0.4, 0.5) is 19.0 Å². The highest BCUT2D eigenvalue weighted by molar-refractivity contribution is 6.33. The van der Waals surface area contributed by atoms with Gasteiger partial charge in [0.1, 0.15) is 5.82 Å². The van der Waals surface area contributed by atoms with Crippen molar-refractivity contribution in [1.82, 2.24) is 4.98 Å². The van der Waals surface area contributed by atoms with E-state index in [1.165, 1.54) is 0 Å². The molecule has 1 unspecified atom stereocenters. The van der Waals surface area contributed by atoms with Crippen LogP contribution < -0.4 is 11.1 Å². The van der Waals surface area contributed by atoms with E-state index in [1.54, 1.807) is 0 Å². The van der Waals surface area contributed by atoms with E-state index in [9.17, 15) is 13.2 Å². The Labute approximate surface area is 124 Å². The largest absolute Gasteiger partial charge is 0.417 e. The topological polar surface area (TPSA) is 50.9 Å². The summed E-state index contributed by atoms with van der Waals surface area (Å²) in [6.07, 6.45) is -3.73. The van der Waals surface area contributed by atoms with Crippen LogP contribution in [0.15, 0.2) is 42.6 Å². The Morgan fingerprint density at radius 2 is 1.90 bits per heavy atom. The highest BCUT2D eigenvalue weighted by Gasteiger charge is 2.31. The molecule has 0 aliphatic carbocycles. The number of hydrogen-bond acceptors (Lipinski definition) is 3. The number of halogens is 4. The maximum absolute atomic E-state index is 12.6. The molecular formula is C14H13ClF3N3. The predicted molar refractivity (Wildman–Crippen MR) is 76.1 cm³/mol. The number of alkyl halides is 3. The van der Waals surface area contributed by atoms with E-state index in [1.807, 2.05) is 30.3 Å². The Balaban J connectivity index is 2.23. The quantitative estimate of drug-likeness (QED) is 0.900. The lowest BCUT2D eigenvalue weighted by molar-refractivity contribution is -0.137. The molecule has 2 rings (SSSR count). The lowest BCUT2D eigenvalue weighted by Gasteiger charge is -2.19. The first-order chi connectivity index (χ1) is 9.91. The minimum absolute atomic E-state index is 0.0980. The molecule has 3 nitrogen and oxygen atoms in total. The molecule has 0 saturated heterocycles. The fourth-order valence-electron chi connectivity index (χ4n) is 1.83. The first-order valence-electron chi connectivity index (χ1n) is 6.16. The van der Waals surface area contributed by atoms with Crippen LogP contribution in [0, 0.1) is 0 Å². The molecule has 1 atom stereocenters. The number of anilines is 1. The first-order valence-corrected chi connectivity index (χ1v) is 6.54. The molecular weight excluding hydrogens is 303 g/mol. The van der Waals surface area contributed by atoms with Gasteiger partial charge in [-0.2, -0.15) is 13.2 Å². The monoisotopic (exact) mass is 315 g/mol. The SMILES string of the molecule is NCC(Nc1ncc(C(F)(F)F)cc1Cl)c1ccccc1. The second-order valence-corrected chi connectivity index (χ2v) is 4.80. The number of nitrogens with two attached hydrogens (primary N) is 1. The molecule has 2 aromatic rings. The Morgan fingerprint density at radius 3 is 2.43 bits per heavy atom. The van der Waals surface area contributed by atoms with E-state index in [-0.39, 0.29) is 23.4 Å².